The van der Waals surface area contributed by atoms with Crippen LogP contribution in [0.5, 0.6) is 0 Å². The van der Waals surface area contributed by atoms with Crippen molar-refractivity contribution in [2.75, 3.05) is 12.4 Å². The van der Waals surface area contributed by atoms with Crippen molar-refractivity contribution in [2.45, 2.75) is 70.3 Å². The molecule has 1 saturated heterocycles. The molecule has 20 heavy (non-hydrogen) atoms. The van der Waals surface area contributed by atoms with E-state index in [-0.39, 0.29) is 28.6 Å². The summed E-state index contributed by atoms with van der Waals surface area (Å²) in [4.78, 5) is 0. The van der Waals surface area contributed by atoms with Gasteiger partial charge in [-0.05, 0) is 43.4 Å². The summed E-state index contributed by atoms with van der Waals surface area (Å²) in [5, 5.41) is -0.385. The van der Waals surface area contributed by atoms with Crippen LogP contribution in [0.15, 0.2) is 0 Å². The fourth-order valence-electron chi connectivity index (χ4n) is 3.51. The van der Waals surface area contributed by atoms with Crippen molar-refractivity contribution in [3.63, 3.8) is 0 Å². The van der Waals surface area contributed by atoms with Crippen LogP contribution in [0, 0.1) is 11.3 Å². The van der Waals surface area contributed by atoms with Crippen LogP contribution in [-0.4, -0.2) is 38.2 Å². The van der Waals surface area contributed by atoms with E-state index in [0.29, 0.717) is 18.9 Å². The zero-order valence-electron chi connectivity index (χ0n) is 13.0. The standard InChI is InChI=1S/C15H29NO3S/c1-15(2,3)11-6-7-13(16)14(9-11)20(17,18)10-12-5-4-8-19-12/h11-14H,4-10,16H2,1-3H3. The first-order valence-corrected chi connectivity index (χ1v) is 9.50. The molecule has 1 aliphatic heterocycles. The number of sulfone groups is 1. The molecule has 2 N–H and O–H groups in total. The van der Waals surface area contributed by atoms with Crippen molar-refractivity contribution in [3.05, 3.63) is 0 Å². The highest BCUT2D eigenvalue weighted by atomic mass is 32.2. The molecular formula is C15H29NO3S. The van der Waals surface area contributed by atoms with Gasteiger partial charge in [0.1, 0.15) is 0 Å². The Labute approximate surface area is 123 Å². The Morgan fingerprint density at radius 2 is 1.90 bits per heavy atom. The maximum absolute atomic E-state index is 12.7. The van der Waals surface area contributed by atoms with E-state index in [1.165, 1.54) is 0 Å². The molecule has 0 spiro atoms. The van der Waals surface area contributed by atoms with Crippen LogP contribution >= 0.6 is 0 Å². The number of ether oxygens (including phenoxy) is 1. The fourth-order valence-corrected chi connectivity index (χ4v) is 5.73. The normalized spacial score (nSPS) is 36.2. The lowest BCUT2D eigenvalue weighted by Crippen LogP contribution is -2.48. The smallest absolute Gasteiger partial charge is 0.157 e. The Bertz CT molecular complexity index is 421. The molecule has 1 heterocycles. The molecule has 0 bridgehead atoms. The molecule has 2 aliphatic rings. The number of hydrogen-bond acceptors (Lipinski definition) is 4. The lowest BCUT2D eigenvalue weighted by molar-refractivity contribution is 0.126. The molecule has 4 nitrogen and oxygen atoms in total. The van der Waals surface area contributed by atoms with E-state index in [9.17, 15) is 8.42 Å². The Hall–Kier alpha value is -0.130. The quantitative estimate of drug-likeness (QED) is 0.867. The van der Waals surface area contributed by atoms with Crippen molar-refractivity contribution in [1.29, 1.82) is 0 Å². The molecule has 0 radical (unpaired) electrons. The molecule has 2 fully saturated rings. The molecule has 1 aliphatic carbocycles. The minimum Gasteiger partial charge on any atom is -0.377 e. The lowest BCUT2D eigenvalue weighted by atomic mass is 9.71. The van der Waals surface area contributed by atoms with Gasteiger partial charge in [0, 0.05) is 12.6 Å². The number of nitrogens with two attached hydrogens (primary N) is 1. The summed E-state index contributed by atoms with van der Waals surface area (Å²) in [6.45, 7) is 7.27. The lowest BCUT2D eigenvalue weighted by Gasteiger charge is -2.40. The third-order valence-corrected chi connectivity index (χ3v) is 7.27. The van der Waals surface area contributed by atoms with E-state index in [2.05, 4.69) is 20.8 Å². The largest absolute Gasteiger partial charge is 0.377 e. The van der Waals surface area contributed by atoms with Gasteiger partial charge < -0.3 is 10.5 Å². The third-order valence-electron chi connectivity index (χ3n) is 4.97. The highest BCUT2D eigenvalue weighted by Gasteiger charge is 2.41. The first-order valence-electron chi connectivity index (χ1n) is 7.79. The van der Waals surface area contributed by atoms with Crippen LogP contribution < -0.4 is 5.73 Å². The minimum absolute atomic E-state index is 0.109. The molecule has 0 aromatic carbocycles. The van der Waals surface area contributed by atoms with Crippen molar-refractivity contribution in [2.24, 2.45) is 17.1 Å². The summed E-state index contributed by atoms with van der Waals surface area (Å²) in [6, 6.07) is -0.208. The van der Waals surface area contributed by atoms with Gasteiger partial charge in [-0.3, -0.25) is 0 Å². The Morgan fingerprint density at radius 3 is 2.45 bits per heavy atom. The molecule has 4 atom stereocenters. The van der Waals surface area contributed by atoms with E-state index < -0.39 is 9.84 Å². The first-order chi connectivity index (χ1) is 9.20. The first kappa shape index (κ1) is 16.2. The van der Waals surface area contributed by atoms with Gasteiger partial charge in [-0.2, -0.15) is 0 Å². The number of hydrogen-bond donors (Lipinski definition) is 1. The van der Waals surface area contributed by atoms with Gasteiger partial charge in [0.15, 0.2) is 9.84 Å². The van der Waals surface area contributed by atoms with Gasteiger partial charge >= 0.3 is 0 Å². The predicted molar refractivity (Wildman–Crippen MR) is 81.3 cm³/mol. The average Bonchev–Trinajstić information content (AvgIpc) is 2.79. The SMILES string of the molecule is CC(C)(C)C1CCC(N)C(S(=O)(=O)CC2CCCO2)C1. The zero-order chi connectivity index (χ0) is 15.0. The summed E-state index contributed by atoms with van der Waals surface area (Å²) < 4.78 is 30.8. The van der Waals surface area contributed by atoms with E-state index in [1.807, 2.05) is 0 Å². The van der Waals surface area contributed by atoms with E-state index in [4.69, 9.17) is 10.5 Å². The highest BCUT2D eigenvalue weighted by molar-refractivity contribution is 7.92. The van der Waals surface area contributed by atoms with Crippen LogP contribution in [-0.2, 0) is 14.6 Å². The van der Waals surface area contributed by atoms with E-state index in [1.54, 1.807) is 0 Å². The molecule has 0 amide bonds. The van der Waals surface area contributed by atoms with Gasteiger partial charge in [-0.25, -0.2) is 8.42 Å². The second-order valence-corrected chi connectivity index (χ2v) is 9.81. The molecule has 4 unspecified atom stereocenters. The molecule has 5 heteroatoms. The summed E-state index contributed by atoms with van der Waals surface area (Å²) in [5.41, 5.74) is 6.28. The summed E-state index contributed by atoms with van der Waals surface area (Å²) >= 11 is 0. The average molecular weight is 303 g/mol. The maximum atomic E-state index is 12.7. The summed E-state index contributed by atoms with van der Waals surface area (Å²) in [7, 11) is -3.16. The highest BCUT2D eigenvalue weighted by Crippen LogP contribution is 2.39. The van der Waals surface area contributed by atoms with Gasteiger partial charge in [-0.15, -0.1) is 0 Å². The molecule has 0 aromatic heterocycles. The second kappa shape index (κ2) is 5.93. The van der Waals surface area contributed by atoms with Crippen molar-refractivity contribution < 1.29 is 13.2 Å². The minimum atomic E-state index is -3.16. The van der Waals surface area contributed by atoms with Crippen molar-refractivity contribution >= 4 is 9.84 Å². The molecule has 2 rings (SSSR count). The molecule has 118 valence electrons. The Balaban J connectivity index is 2.07. The van der Waals surface area contributed by atoms with E-state index in [0.717, 1.165) is 25.7 Å². The summed E-state index contributed by atoms with van der Waals surface area (Å²) in [6.07, 6.45) is 4.29. The third kappa shape index (κ3) is 3.74. The number of rotatable bonds is 3. The van der Waals surface area contributed by atoms with Gasteiger partial charge in [0.2, 0.25) is 0 Å². The van der Waals surface area contributed by atoms with Crippen LogP contribution in [0.25, 0.3) is 0 Å². The van der Waals surface area contributed by atoms with Crippen LogP contribution in [0.3, 0.4) is 0 Å². The molecule has 0 aromatic rings. The fraction of sp³-hybridized carbons (Fsp3) is 1.00. The van der Waals surface area contributed by atoms with Gasteiger partial charge in [-0.1, -0.05) is 20.8 Å². The maximum Gasteiger partial charge on any atom is 0.157 e. The van der Waals surface area contributed by atoms with Crippen molar-refractivity contribution in [3.8, 4) is 0 Å². The van der Waals surface area contributed by atoms with Crippen LogP contribution in [0.4, 0.5) is 0 Å². The van der Waals surface area contributed by atoms with Crippen LogP contribution in [0.2, 0.25) is 0 Å². The van der Waals surface area contributed by atoms with Gasteiger partial charge in [0.05, 0.1) is 17.1 Å². The monoisotopic (exact) mass is 303 g/mol. The molecular weight excluding hydrogens is 274 g/mol. The summed E-state index contributed by atoms with van der Waals surface area (Å²) in [5.74, 6) is 0.592. The Morgan fingerprint density at radius 1 is 1.20 bits per heavy atom. The zero-order valence-corrected chi connectivity index (χ0v) is 13.8. The second-order valence-electron chi connectivity index (χ2n) is 7.54. The van der Waals surface area contributed by atoms with Crippen LogP contribution in [0.1, 0.15) is 52.9 Å². The van der Waals surface area contributed by atoms with E-state index >= 15 is 0 Å². The van der Waals surface area contributed by atoms with Crippen molar-refractivity contribution in [1.82, 2.24) is 0 Å². The topological polar surface area (TPSA) is 69.4 Å². The molecule has 1 saturated carbocycles. The van der Waals surface area contributed by atoms with Gasteiger partial charge in [0.25, 0.3) is 0 Å². The predicted octanol–water partition coefficient (Wildman–Crippen LogP) is 2.12. The Kier molecular flexibility index (Phi) is 4.82.